The Hall–Kier alpha value is -1.73. The second-order valence-electron chi connectivity index (χ2n) is 4.97. The van der Waals surface area contributed by atoms with E-state index in [1.165, 1.54) is 0 Å². The van der Waals surface area contributed by atoms with Crippen molar-refractivity contribution in [1.29, 1.82) is 0 Å². The normalized spacial score (nSPS) is 16.1. The molecule has 4 nitrogen and oxygen atoms in total. The van der Waals surface area contributed by atoms with Gasteiger partial charge in [0.1, 0.15) is 5.76 Å². The van der Waals surface area contributed by atoms with Crippen molar-refractivity contribution in [3.05, 3.63) is 23.2 Å². The SMILES string of the molecule is Cc1coc2c1/C(=N/OCC#CCN(C)C)CCC2. The summed E-state index contributed by atoms with van der Waals surface area (Å²) in [5.41, 5.74) is 3.25. The molecule has 1 heterocycles. The molecule has 0 N–H and O–H groups in total. The maximum atomic E-state index is 5.52. The summed E-state index contributed by atoms with van der Waals surface area (Å²) in [6.45, 7) is 3.12. The Balaban J connectivity index is 1.93. The van der Waals surface area contributed by atoms with Gasteiger partial charge in [-0.05, 0) is 39.4 Å². The van der Waals surface area contributed by atoms with Gasteiger partial charge in [-0.2, -0.15) is 0 Å². The molecule has 0 amide bonds. The van der Waals surface area contributed by atoms with Crippen LogP contribution in [0.4, 0.5) is 0 Å². The van der Waals surface area contributed by atoms with Crippen LogP contribution in [-0.2, 0) is 11.3 Å². The molecule has 0 aromatic carbocycles. The predicted molar refractivity (Wildman–Crippen MR) is 75.2 cm³/mol. The van der Waals surface area contributed by atoms with Crippen LogP contribution >= 0.6 is 0 Å². The van der Waals surface area contributed by atoms with Crippen LogP contribution < -0.4 is 0 Å². The fourth-order valence-electron chi connectivity index (χ4n) is 2.11. The average Bonchev–Trinajstić information content (AvgIpc) is 2.76. The third-order valence-corrected chi connectivity index (χ3v) is 2.99. The van der Waals surface area contributed by atoms with E-state index >= 15 is 0 Å². The van der Waals surface area contributed by atoms with E-state index in [9.17, 15) is 0 Å². The zero-order valence-electron chi connectivity index (χ0n) is 11.8. The minimum Gasteiger partial charge on any atom is -0.468 e. The van der Waals surface area contributed by atoms with Gasteiger partial charge in [0.25, 0.3) is 0 Å². The van der Waals surface area contributed by atoms with Crippen LogP contribution in [0.3, 0.4) is 0 Å². The third kappa shape index (κ3) is 3.62. The predicted octanol–water partition coefficient (Wildman–Crippen LogP) is 2.21. The molecule has 1 aromatic rings. The van der Waals surface area contributed by atoms with Crippen LogP contribution in [0.25, 0.3) is 0 Å². The minimum absolute atomic E-state index is 0.337. The number of oxime groups is 1. The van der Waals surface area contributed by atoms with Gasteiger partial charge in [0.15, 0.2) is 6.61 Å². The first-order valence-corrected chi connectivity index (χ1v) is 6.55. The van der Waals surface area contributed by atoms with Gasteiger partial charge in [0.05, 0.1) is 18.5 Å². The van der Waals surface area contributed by atoms with E-state index in [-0.39, 0.29) is 0 Å². The Morgan fingerprint density at radius 3 is 3.00 bits per heavy atom. The second kappa shape index (κ2) is 6.44. The summed E-state index contributed by atoms with van der Waals surface area (Å²) in [7, 11) is 3.97. The number of aryl methyl sites for hydroxylation is 2. The Morgan fingerprint density at radius 1 is 1.37 bits per heavy atom. The lowest BCUT2D eigenvalue weighted by atomic mass is 9.94. The third-order valence-electron chi connectivity index (χ3n) is 2.99. The lowest BCUT2D eigenvalue weighted by Crippen LogP contribution is -2.12. The van der Waals surface area contributed by atoms with Gasteiger partial charge in [-0.25, -0.2) is 0 Å². The quantitative estimate of drug-likeness (QED) is 0.475. The van der Waals surface area contributed by atoms with Crippen LogP contribution in [0.15, 0.2) is 15.8 Å². The standard InChI is InChI=1S/C15H20N2O2/c1-12-11-18-14-8-6-7-13(15(12)14)16-19-10-5-4-9-17(2)3/h11H,6-10H2,1-3H3/b16-13+. The van der Waals surface area contributed by atoms with Gasteiger partial charge in [0.2, 0.25) is 0 Å². The number of rotatable bonds is 3. The van der Waals surface area contributed by atoms with E-state index < -0.39 is 0 Å². The molecule has 4 heteroatoms. The Labute approximate surface area is 114 Å². The first kappa shape index (κ1) is 13.7. The van der Waals surface area contributed by atoms with Gasteiger partial charge >= 0.3 is 0 Å². The summed E-state index contributed by atoms with van der Waals surface area (Å²) in [6, 6.07) is 0. The number of furan rings is 1. The molecule has 0 fully saturated rings. The Kier molecular flexibility index (Phi) is 4.64. The largest absolute Gasteiger partial charge is 0.468 e. The molecule has 0 saturated heterocycles. The summed E-state index contributed by atoms with van der Waals surface area (Å²) in [4.78, 5) is 7.31. The molecule has 1 aliphatic carbocycles. The van der Waals surface area contributed by atoms with Crippen molar-refractivity contribution in [3.63, 3.8) is 0 Å². The molecule has 0 spiro atoms. The van der Waals surface area contributed by atoms with Crippen molar-refractivity contribution in [2.24, 2.45) is 5.16 Å². The molecule has 1 aromatic heterocycles. The summed E-state index contributed by atoms with van der Waals surface area (Å²) in [5.74, 6) is 6.99. The highest BCUT2D eigenvalue weighted by Crippen LogP contribution is 2.26. The van der Waals surface area contributed by atoms with Crippen LogP contribution in [0.5, 0.6) is 0 Å². The summed E-state index contributed by atoms with van der Waals surface area (Å²) in [5, 5.41) is 4.21. The van der Waals surface area contributed by atoms with Gasteiger partial charge < -0.3 is 9.25 Å². The smallest absolute Gasteiger partial charge is 0.177 e. The molecule has 0 radical (unpaired) electrons. The van der Waals surface area contributed by atoms with Crippen molar-refractivity contribution in [3.8, 4) is 11.8 Å². The molecule has 19 heavy (non-hydrogen) atoms. The summed E-state index contributed by atoms with van der Waals surface area (Å²) >= 11 is 0. The van der Waals surface area contributed by atoms with Crippen molar-refractivity contribution in [2.75, 3.05) is 27.2 Å². The van der Waals surface area contributed by atoms with Gasteiger partial charge in [0, 0.05) is 12.0 Å². The highest BCUT2D eigenvalue weighted by Gasteiger charge is 2.21. The molecule has 0 saturated carbocycles. The van der Waals surface area contributed by atoms with E-state index in [2.05, 4.69) is 17.0 Å². The highest BCUT2D eigenvalue weighted by atomic mass is 16.6. The Morgan fingerprint density at radius 2 is 2.21 bits per heavy atom. The van der Waals surface area contributed by atoms with E-state index in [1.807, 2.05) is 25.9 Å². The number of fused-ring (bicyclic) bond motifs is 1. The van der Waals surface area contributed by atoms with E-state index in [4.69, 9.17) is 9.25 Å². The second-order valence-corrected chi connectivity index (χ2v) is 4.97. The first-order chi connectivity index (χ1) is 9.18. The maximum Gasteiger partial charge on any atom is 0.177 e. The number of hydrogen-bond acceptors (Lipinski definition) is 4. The zero-order valence-corrected chi connectivity index (χ0v) is 11.8. The molecular formula is C15H20N2O2. The van der Waals surface area contributed by atoms with E-state index in [0.29, 0.717) is 6.61 Å². The molecule has 1 aliphatic rings. The number of hydrogen-bond donors (Lipinski definition) is 0. The van der Waals surface area contributed by atoms with Crippen molar-refractivity contribution in [2.45, 2.75) is 26.2 Å². The monoisotopic (exact) mass is 260 g/mol. The highest BCUT2D eigenvalue weighted by molar-refractivity contribution is 6.03. The van der Waals surface area contributed by atoms with Crippen LogP contribution in [-0.4, -0.2) is 37.9 Å². The van der Waals surface area contributed by atoms with Crippen molar-refractivity contribution < 1.29 is 9.25 Å². The van der Waals surface area contributed by atoms with Crippen molar-refractivity contribution in [1.82, 2.24) is 4.90 Å². The van der Waals surface area contributed by atoms with Crippen LogP contribution in [0.2, 0.25) is 0 Å². The summed E-state index contributed by atoms with van der Waals surface area (Å²) in [6.07, 6.45) is 4.79. The van der Waals surface area contributed by atoms with Gasteiger partial charge in [-0.1, -0.05) is 17.0 Å². The maximum absolute atomic E-state index is 5.52. The summed E-state index contributed by atoms with van der Waals surface area (Å²) < 4.78 is 5.52. The fourth-order valence-corrected chi connectivity index (χ4v) is 2.11. The fraction of sp³-hybridized carbons (Fsp3) is 0.533. The van der Waals surface area contributed by atoms with Gasteiger partial charge in [-0.15, -0.1) is 0 Å². The number of nitrogens with zero attached hydrogens (tertiary/aromatic N) is 2. The van der Waals surface area contributed by atoms with Crippen LogP contribution in [0.1, 0.15) is 29.7 Å². The molecule has 0 atom stereocenters. The molecule has 0 unspecified atom stereocenters. The molecule has 102 valence electrons. The zero-order chi connectivity index (χ0) is 13.7. The average molecular weight is 260 g/mol. The molecule has 0 aliphatic heterocycles. The minimum atomic E-state index is 0.337. The van der Waals surface area contributed by atoms with E-state index in [0.717, 1.165) is 48.4 Å². The lowest BCUT2D eigenvalue weighted by molar-refractivity contribution is 0.179. The topological polar surface area (TPSA) is 38.0 Å². The van der Waals surface area contributed by atoms with Gasteiger partial charge in [-0.3, -0.25) is 4.90 Å². The van der Waals surface area contributed by atoms with E-state index in [1.54, 1.807) is 6.26 Å². The van der Waals surface area contributed by atoms with Crippen LogP contribution in [0, 0.1) is 18.8 Å². The molecular weight excluding hydrogens is 240 g/mol. The molecule has 0 bridgehead atoms. The Bertz CT molecular complexity index is 518. The lowest BCUT2D eigenvalue weighted by Gasteiger charge is -2.12. The first-order valence-electron chi connectivity index (χ1n) is 6.55. The molecule has 2 rings (SSSR count). The van der Waals surface area contributed by atoms with Crippen molar-refractivity contribution >= 4 is 5.71 Å².